The Balaban J connectivity index is 5.94. The number of hydrogen-bond donors (Lipinski definition) is 2. The number of unbranched alkanes of at least 4 members (excludes halogenated alkanes) is 6. The summed E-state index contributed by atoms with van der Waals surface area (Å²) in [5.41, 5.74) is 0. The molecule has 0 bridgehead atoms. The quantitative estimate of drug-likeness (QED) is 0.128. The number of carboxylic acids is 3. The van der Waals surface area contributed by atoms with E-state index in [4.69, 9.17) is 0 Å². The van der Waals surface area contributed by atoms with Crippen molar-refractivity contribution in [3.63, 3.8) is 0 Å². The van der Waals surface area contributed by atoms with Gasteiger partial charge in [-0.25, -0.2) is 9.59 Å². The third kappa shape index (κ3) is 10.2. The second-order valence-corrected chi connectivity index (χ2v) is 9.44. The molecule has 34 heavy (non-hydrogen) atoms. The van der Waals surface area contributed by atoms with Crippen molar-refractivity contribution in [2.75, 3.05) is 6.54 Å². The van der Waals surface area contributed by atoms with Crippen LogP contribution in [0.3, 0.4) is 0 Å². The standard InChI is InChI=1S/C27H49NO6/c1-5-9-10-11-12-13-14-15-16-17-21-28(22(18-6-2)25(29)30,23(19-7-3)26(31)32)24(20-8-4)27(33)34/h13-14,22-24H,5-12,15-21H2,1-4H3,(H2-,29,30,31,32,33,34)/b14-13+. The van der Waals surface area contributed by atoms with Gasteiger partial charge in [0, 0.05) is 19.3 Å². The van der Waals surface area contributed by atoms with E-state index in [-0.39, 0.29) is 25.8 Å². The molecule has 7 heteroatoms. The summed E-state index contributed by atoms with van der Waals surface area (Å²) in [5.74, 6) is -3.60. The molecular formula is C27H49NO6. The molecule has 0 rings (SSSR count). The maximum absolute atomic E-state index is 12.4. The first kappa shape index (κ1) is 32.1. The molecular weight excluding hydrogens is 434 g/mol. The highest BCUT2D eigenvalue weighted by Crippen LogP contribution is 2.34. The number of allylic oxidation sites excluding steroid dienone is 2. The van der Waals surface area contributed by atoms with Crippen LogP contribution in [0.5, 0.6) is 0 Å². The largest absolute Gasteiger partial charge is 0.544 e. The fraction of sp³-hybridized carbons (Fsp3) is 0.815. The van der Waals surface area contributed by atoms with Crippen molar-refractivity contribution < 1.29 is 34.2 Å². The molecule has 2 N–H and O–H groups in total. The third-order valence-corrected chi connectivity index (χ3v) is 6.83. The second kappa shape index (κ2) is 18.4. The van der Waals surface area contributed by atoms with Gasteiger partial charge in [0.2, 0.25) is 0 Å². The summed E-state index contributed by atoms with van der Waals surface area (Å²) in [6.45, 7) is 7.92. The average Bonchev–Trinajstić information content (AvgIpc) is 2.78. The molecule has 0 heterocycles. The summed E-state index contributed by atoms with van der Waals surface area (Å²) in [5, 5.41) is 32.7. The van der Waals surface area contributed by atoms with Crippen LogP contribution < -0.4 is 5.11 Å². The van der Waals surface area contributed by atoms with Crippen LogP contribution in [0.1, 0.15) is 118 Å². The lowest BCUT2D eigenvalue weighted by atomic mass is 9.91. The number of aliphatic carboxylic acids is 3. The SMILES string of the molecule is CCCCCC/C=C/CCCC[N+](C(CCC)C(=O)[O-])(C(CCC)C(=O)O)C(CCC)C(=O)O. The zero-order valence-electron chi connectivity index (χ0n) is 22.0. The molecule has 7 nitrogen and oxygen atoms in total. The third-order valence-electron chi connectivity index (χ3n) is 6.83. The molecule has 0 aliphatic heterocycles. The van der Waals surface area contributed by atoms with Crippen molar-refractivity contribution in [1.82, 2.24) is 0 Å². The first-order valence-corrected chi connectivity index (χ1v) is 13.4. The minimum Gasteiger partial charge on any atom is -0.544 e. The van der Waals surface area contributed by atoms with Gasteiger partial charge < -0.3 is 20.1 Å². The number of nitrogens with zero attached hydrogens (tertiary/aromatic N) is 1. The molecule has 3 atom stereocenters. The van der Waals surface area contributed by atoms with Gasteiger partial charge in [-0.3, -0.25) is 4.48 Å². The van der Waals surface area contributed by atoms with Crippen molar-refractivity contribution in [1.29, 1.82) is 0 Å². The fourth-order valence-electron chi connectivity index (χ4n) is 5.21. The summed E-state index contributed by atoms with van der Waals surface area (Å²) in [7, 11) is 0. The van der Waals surface area contributed by atoms with Crippen LogP contribution in [-0.2, 0) is 14.4 Å². The van der Waals surface area contributed by atoms with Crippen LogP contribution in [0, 0.1) is 0 Å². The molecule has 198 valence electrons. The van der Waals surface area contributed by atoms with Crippen molar-refractivity contribution in [3.8, 4) is 0 Å². The minimum absolute atomic E-state index is 0.195. The molecule has 0 aliphatic rings. The topological polar surface area (TPSA) is 115 Å². The number of carboxylic acid groups (broad SMARTS) is 3. The number of carbonyl (C=O) groups excluding carboxylic acids is 1. The van der Waals surface area contributed by atoms with Gasteiger partial charge in [-0.1, -0.05) is 65.5 Å². The summed E-state index contributed by atoms with van der Waals surface area (Å²) in [6, 6.07) is -3.36. The van der Waals surface area contributed by atoms with E-state index in [1.54, 1.807) is 0 Å². The maximum atomic E-state index is 12.4. The monoisotopic (exact) mass is 483 g/mol. The number of rotatable bonds is 22. The summed E-state index contributed by atoms with van der Waals surface area (Å²) in [6.07, 6.45) is 14.6. The molecule has 3 unspecified atom stereocenters. The lowest BCUT2D eigenvalue weighted by Crippen LogP contribution is -2.74. The van der Waals surface area contributed by atoms with Crippen LogP contribution in [0.25, 0.3) is 0 Å². The lowest BCUT2D eigenvalue weighted by molar-refractivity contribution is -0.975. The van der Waals surface area contributed by atoms with Crippen molar-refractivity contribution in [2.45, 2.75) is 136 Å². The van der Waals surface area contributed by atoms with Gasteiger partial charge in [-0.05, 0) is 44.9 Å². The number of quaternary nitrogens is 1. The van der Waals surface area contributed by atoms with Gasteiger partial charge in [0.15, 0.2) is 12.1 Å². The fourth-order valence-corrected chi connectivity index (χ4v) is 5.21. The predicted octanol–water partition coefficient (Wildman–Crippen LogP) is 4.93. The minimum atomic E-state index is -1.35. The Morgan fingerprint density at radius 3 is 1.50 bits per heavy atom. The Bertz CT molecular complexity index is 558. The van der Waals surface area contributed by atoms with Gasteiger partial charge in [-0.15, -0.1) is 0 Å². The Labute approximate surface area is 206 Å². The van der Waals surface area contributed by atoms with E-state index in [2.05, 4.69) is 19.1 Å². The first-order valence-electron chi connectivity index (χ1n) is 13.4. The Kier molecular flexibility index (Phi) is 17.4. The van der Waals surface area contributed by atoms with Crippen LogP contribution in [-0.4, -0.2) is 57.3 Å². The molecule has 0 amide bonds. The van der Waals surface area contributed by atoms with Crippen molar-refractivity contribution >= 4 is 17.9 Å². The second-order valence-electron chi connectivity index (χ2n) is 9.44. The lowest BCUT2D eigenvalue weighted by Gasteiger charge is -2.52. The smallest absolute Gasteiger partial charge is 0.362 e. The normalized spacial score (nSPS) is 16.1. The first-order chi connectivity index (χ1) is 16.2. The summed E-state index contributed by atoms with van der Waals surface area (Å²) in [4.78, 5) is 37.3. The maximum Gasteiger partial charge on any atom is 0.362 e. The molecule has 0 saturated carbocycles. The van der Waals surface area contributed by atoms with E-state index in [1.165, 1.54) is 25.7 Å². The molecule has 0 aromatic heterocycles. The van der Waals surface area contributed by atoms with Crippen LogP contribution in [0.4, 0.5) is 0 Å². The highest BCUT2D eigenvalue weighted by atomic mass is 16.4. The molecule has 0 aromatic carbocycles. The Hall–Kier alpha value is -1.89. The van der Waals surface area contributed by atoms with Crippen LogP contribution >= 0.6 is 0 Å². The Morgan fingerprint density at radius 1 is 0.676 bits per heavy atom. The number of carbonyl (C=O) groups is 3. The van der Waals surface area contributed by atoms with E-state index in [1.807, 2.05) is 20.8 Å². The van der Waals surface area contributed by atoms with E-state index >= 15 is 0 Å². The molecule has 0 fully saturated rings. The number of hydrogen-bond acceptors (Lipinski definition) is 4. The van der Waals surface area contributed by atoms with Gasteiger partial charge in [-0.2, -0.15) is 0 Å². The van der Waals surface area contributed by atoms with Gasteiger partial charge in [0.1, 0.15) is 6.04 Å². The van der Waals surface area contributed by atoms with E-state index < -0.39 is 40.5 Å². The Morgan fingerprint density at radius 2 is 1.12 bits per heavy atom. The van der Waals surface area contributed by atoms with E-state index in [9.17, 15) is 29.7 Å². The summed E-state index contributed by atoms with van der Waals surface area (Å²) < 4.78 is -0.455. The van der Waals surface area contributed by atoms with Gasteiger partial charge in [0.25, 0.3) is 0 Å². The van der Waals surface area contributed by atoms with Crippen molar-refractivity contribution in [2.24, 2.45) is 0 Å². The van der Waals surface area contributed by atoms with Gasteiger partial charge >= 0.3 is 11.9 Å². The molecule has 0 spiro atoms. The zero-order chi connectivity index (χ0) is 26.0. The van der Waals surface area contributed by atoms with Crippen molar-refractivity contribution in [3.05, 3.63) is 12.2 Å². The van der Waals surface area contributed by atoms with E-state index in [0.29, 0.717) is 25.7 Å². The van der Waals surface area contributed by atoms with Gasteiger partial charge in [0.05, 0.1) is 12.5 Å². The highest BCUT2D eigenvalue weighted by molar-refractivity contribution is 5.77. The van der Waals surface area contributed by atoms with E-state index in [0.717, 1.165) is 19.3 Å². The molecule has 0 radical (unpaired) electrons. The molecule has 0 aliphatic carbocycles. The summed E-state index contributed by atoms with van der Waals surface area (Å²) >= 11 is 0. The molecule has 0 aromatic rings. The average molecular weight is 484 g/mol. The molecule has 0 saturated heterocycles. The zero-order valence-corrected chi connectivity index (χ0v) is 22.0. The van der Waals surface area contributed by atoms with Crippen LogP contribution in [0.15, 0.2) is 12.2 Å². The highest BCUT2D eigenvalue weighted by Gasteiger charge is 2.54. The predicted molar refractivity (Wildman–Crippen MR) is 133 cm³/mol. The van der Waals surface area contributed by atoms with Crippen LogP contribution in [0.2, 0.25) is 0 Å².